The minimum Gasteiger partial charge on any atom is -0.291 e. The van der Waals surface area contributed by atoms with E-state index in [9.17, 15) is 0 Å². The number of hydrogen-bond acceptors (Lipinski definition) is 2. The van der Waals surface area contributed by atoms with Crippen LogP contribution in [0.5, 0.6) is 0 Å². The number of benzene rings is 2. The molecular formula is C14H11NS2. The standard InChI is InChI=1S/C14H11NS2/c1-10-5-4-6-11(9-10)15-12-7-2-3-8-13(12)17-14(15)16/h2-9H,1H3. The lowest BCUT2D eigenvalue weighted by atomic mass is 10.2. The van der Waals surface area contributed by atoms with E-state index >= 15 is 0 Å². The lowest BCUT2D eigenvalue weighted by molar-refractivity contribution is 1.12. The van der Waals surface area contributed by atoms with Crippen LogP contribution in [0.25, 0.3) is 15.9 Å². The van der Waals surface area contributed by atoms with E-state index in [2.05, 4.69) is 54.0 Å². The number of hydrogen-bond donors (Lipinski definition) is 0. The van der Waals surface area contributed by atoms with Crippen LogP contribution in [0.1, 0.15) is 5.56 Å². The van der Waals surface area contributed by atoms with Crippen LogP contribution in [0.15, 0.2) is 48.5 Å². The van der Waals surface area contributed by atoms with Crippen LogP contribution in [0, 0.1) is 10.9 Å². The van der Waals surface area contributed by atoms with Gasteiger partial charge in [0.15, 0.2) is 3.95 Å². The number of nitrogens with zero attached hydrogens (tertiary/aromatic N) is 1. The summed E-state index contributed by atoms with van der Waals surface area (Å²) < 4.78 is 4.28. The van der Waals surface area contributed by atoms with Crippen LogP contribution in [0.3, 0.4) is 0 Å². The number of aromatic nitrogens is 1. The second kappa shape index (κ2) is 4.09. The fourth-order valence-electron chi connectivity index (χ4n) is 1.98. The molecule has 1 nitrogen and oxygen atoms in total. The molecule has 1 heterocycles. The fourth-order valence-corrected chi connectivity index (χ4v) is 3.34. The molecule has 0 radical (unpaired) electrons. The van der Waals surface area contributed by atoms with Crippen LogP contribution in [-0.4, -0.2) is 4.57 Å². The van der Waals surface area contributed by atoms with Crippen LogP contribution < -0.4 is 0 Å². The molecule has 84 valence electrons. The van der Waals surface area contributed by atoms with Crippen molar-refractivity contribution in [1.29, 1.82) is 0 Å². The Hall–Kier alpha value is -1.45. The average Bonchev–Trinajstić information content (AvgIpc) is 2.64. The Labute approximate surface area is 109 Å². The van der Waals surface area contributed by atoms with Crippen molar-refractivity contribution in [3.63, 3.8) is 0 Å². The molecule has 17 heavy (non-hydrogen) atoms. The molecule has 0 amide bonds. The third-order valence-electron chi connectivity index (χ3n) is 2.75. The molecule has 3 aromatic rings. The van der Waals surface area contributed by atoms with E-state index in [1.807, 2.05) is 6.07 Å². The second-order valence-electron chi connectivity index (χ2n) is 4.01. The van der Waals surface area contributed by atoms with Crippen LogP contribution in [-0.2, 0) is 0 Å². The van der Waals surface area contributed by atoms with Gasteiger partial charge in [0.2, 0.25) is 0 Å². The highest BCUT2D eigenvalue weighted by Gasteiger charge is 2.05. The van der Waals surface area contributed by atoms with E-state index in [0.717, 1.165) is 9.64 Å². The van der Waals surface area contributed by atoms with Crippen LogP contribution >= 0.6 is 23.6 Å². The first kappa shape index (κ1) is 10.7. The van der Waals surface area contributed by atoms with Crippen molar-refractivity contribution in [2.75, 3.05) is 0 Å². The summed E-state index contributed by atoms with van der Waals surface area (Å²) in [5.74, 6) is 0. The Kier molecular flexibility index (Phi) is 2.57. The summed E-state index contributed by atoms with van der Waals surface area (Å²) in [6.45, 7) is 2.10. The van der Waals surface area contributed by atoms with Gasteiger partial charge >= 0.3 is 0 Å². The lowest BCUT2D eigenvalue weighted by Gasteiger charge is -2.05. The summed E-state index contributed by atoms with van der Waals surface area (Å²) in [6, 6.07) is 16.8. The highest BCUT2D eigenvalue weighted by molar-refractivity contribution is 7.73. The summed E-state index contributed by atoms with van der Waals surface area (Å²) in [4.78, 5) is 0. The predicted octanol–water partition coefficient (Wildman–Crippen LogP) is 4.73. The Balaban J connectivity index is 2.37. The molecule has 0 bridgehead atoms. The molecule has 0 N–H and O–H groups in total. The van der Waals surface area contributed by atoms with Gasteiger partial charge in [-0.15, -0.1) is 11.3 Å². The maximum Gasteiger partial charge on any atom is 0.166 e. The third kappa shape index (κ3) is 1.81. The summed E-state index contributed by atoms with van der Waals surface area (Å²) in [7, 11) is 0. The zero-order chi connectivity index (χ0) is 11.8. The Morgan fingerprint density at radius 2 is 1.88 bits per heavy atom. The monoisotopic (exact) mass is 257 g/mol. The highest BCUT2D eigenvalue weighted by atomic mass is 32.1. The maximum absolute atomic E-state index is 5.46. The molecule has 0 saturated carbocycles. The van der Waals surface area contributed by atoms with Crippen molar-refractivity contribution in [2.24, 2.45) is 0 Å². The molecule has 0 saturated heterocycles. The Morgan fingerprint density at radius 3 is 2.71 bits per heavy atom. The number of rotatable bonds is 1. The summed E-state index contributed by atoms with van der Waals surface area (Å²) in [6.07, 6.45) is 0. The molecule has 1 aromatic heterocycles. The van der Waals surface area contributed by atoms with E-state index < -0.39 is 0 Å². The van der Waals surface area contributed by atoms with Crippen molar-refractivity contribution in [1.82, 2.24) is 4.57 Å². The predicted molar refractivity (Wildman–Crippen MR) is 76.7 cm³/mol. The van der Waals surface area contributed by atoms with Crippen molar-refractivity contribution in [3.05, 3.63) is 58.0 Å². The molecule has 3 rings (SSSR count). The van der Waals surface area contributed by atoms with Gasteiger partial charge < -0.3 is 0 Å². The number of thiazole rings is 1. The van der Waals surface area contributed by atoms with Gasteiger partial charge in [0.25, 0.3) is 0 Å². The van der Waals surface area contributed by atoms with E-state index in [0.29, 0.717) is 0 Å². The molecule has 0 aliphatic heterocycles. The first-order valence-corrected chi connectivity index (χ1v) is 6.66. The van der Waals surface area contributed by atoms with E-state index in [4.69, 9.17) is 12.2 Å². The number of aryl methyl sites for hydroxylation is 1. The SMILES string of the molecule is Cc1cccc(-n2c(=S)sc3ccccc32)c1. The lowest BCUT2D eigenvalue weighted by Crippen LogP contribution is -1.93. The quantitative estimate of drug-likeness (QED) is 0.570. The normalized spacial score (nSPS) is 10.9. The van der Waals surface area contributed by atoms with Gasteiger partial charge in [-0.3, -0.25) is 4.57 Å². The minimum absolute atomic E-state index is 0.900. The molecule has 0 aliphatic carbocycles. The average molecular weight is 257 g/mol. The molecule has 0 spiro atoms. The third-order valence-corrected chi connectivity index (χ3v) is 4.10. The van der Waals surface area contributed by atoms with Gasteiger partial charge in [0.05, 0.1) is 10.2 Å². The van der Waals surface area contributed by atoms with Crippen LogP contribution in [0.2, 0.25) is 0 Å². The topological polar surface area (TPSA) is 4.93 Å². The molecule has 0 aliphatic rings. The largest absolute Gasteiger partial charge is 0.291 e. The van der Waals surface area contributed by atoms with Gasteiger partial charge in [-0.05, 0) is 49.0 Å². The first-order valence-electron chi connectivity index (χ1n) is 5.43. The van der Waals surface area contributed by atoms with Gasteiger partial charge in [0.1, 0.15) is 0 Å². The van der Waals surface area contributed by atoms with E-state index in [-0.39, 0.29) is 0 Å². The Bertz CT molecular complexity index is 737. The van der Waals surface area contributed by atoms with E-state index in [1.54, 1.807) is 11.3 Å². The van der Waals surface area contributed by atoms with Gasteiger partial charge in [-0.1, -0.05) is 24.3 Å². The number of para-hydroxylation sites is 1. The molecule has 0 atom stereocenters. The number of fused-ring (bicyclic) bond motifs is 1. The van der Waals surface area contributed by atoms with Gasteiger partial charge in [0, 0.05) is 5.69 Å². The molecule has 3 heteroatoms. The molecule has 0 unspecified atom stereocenters. The zero-order valence-electron chi connectivity index (χ0n) is 9.38. The van der Waals surface area contributed by atoms with Crippen molar-refractivity contribution < 1.29 is 0 Å². The minimum atomic E-state index is 0.900. The summed E-state index contributed by atoms with van der Waals surface area (Å²) in [5, 5.41) is 0. The zero-order valence-corrected chi connectivity index (χ0v) is 11.0. The maximum atomic E-state index is 5.46. The van der Waals surface area contributed by atoms with Crippen molar-refractivity contribution in [2.45, 2.75) is 6.92 Å². The van der Waals surface area contributed by atoms with Crippen molar-refractivity contribution >= 4 is 33.8 Å². The summed E-state index contributed by atoms with van der Waals surface area (Å²) in [5.41, 5.74) is 3.58. The van der Waals surface area contributed by atoms with E-state index in [1.165, 1.54) is 15.8 Å². The van der Waals surface area contributed by atoms with Crippen LogP contribution in [0.4, 0.5) is 0 Å². The van der Waals surface area contributed by atoms with Gasteiger partial charge in [-0.25, -0.2) is 0 Å². The molecule has 2 aromatic carbocycles. The second-order valence-corrected chi connectivity index (χ2v) is 5.69. The molecular weight excluding hydrogens is 246 g/mol. The first-order chi connectivity index (χ1) is 8.25. The Morgan fingerprint density at radius 1 is 1.06 bits per heavy atom. The molecule has 0 fully saturated rings. The summed E-state index contributed by atoms with van der Waals surface area (Å²) >= 11 is 7.12. The fraction of sp³-hybridized carbons (Fsp3) is 0.0714. The van der Waals surface area contributed by atoms with Crippen molar-refractivity contribution in [3.8, 4) is 5.69 Å². The highest BCUT2D eigenvalue weighted by Crippen LogP contribution is 2.26. The smallest absolute Gasteiger partial charge is 0.166 e. The van der Waals surface area contributed by atoms with Gasteiger partial charge in [-0.2, -0.15) is 0 Å².